The first-order valence-corrected chi connectivity index (χ1v) is 13.6. The predicted octanol–water partition coefficient (Wildman–Crippen LogP) is 2.82. The van der Waals surface area contributed by atoms with E-state index < -0.39 is 28.5 Å². The van der Waals surface area contributed by atoms with Crippen molar-refractivity contribution >= 4 is 39.1 Å². The van der Waals surface area contributed by atoms with Crippen LogP contribution in [0.2, 0.25) is 5.02 Å². The second-order valence-corrected chi connectivity index (χ2v) is 10.4. The lowest BCUT2D eigenvalue weighted by atomic mass is 10.1. The summed E-state index contributed by atoms with van der Waals surface area (Å²) in [5.74, 6) is 0.0916. The first-order valence-electron chi connectivity index (χ1n) is 11.3. The molecule has 1 heterocycles. The van der Waals surface area contributed by atoms with E-state index in [0.717, 1.165) is 16.1 Å². The van der Waals surface area contributed by atoms with Crippen LogP contribution in [0, 0.1) is 0 Å². The van der Waals surface area contributed by atoms with Gasteiger partial charge in [-0.2, -0.15) is 0 Å². The van der Waals surface area contributed by atoms with Gasteiger partial charge in [-0.15, -0.1) is 0 Å². The first kappa shape index (κ1) is 26.6. The molecule has 9 nitrogen and oxygen atoms in total. The second kappa shape index (κ2) is 11.6. The molecule has 0 radical (unpaired) electrons. The highest BCUT2D eigenvalue weighted by atomic mass is 35.5. The summed E-state index contributed by atoms with van der Waals surface area (Å²) in [5, 5.41) is 3.31. The van der Waals surface area contributed by atoms with Gasteiger partial charge < -0.3 is 19.7 Å². The number of likely N-dealkylation sites (N-methyl/N-ethyl adjacent to an activating group) is 1. The molecule has 0 fully saturated rings. The number of hydrogen-bond donors (Lipinski definition) is 1. The Morgan fingerprint density at radius 1 is 1.06 bits per heavy atom. The number of benzene rings is 2. The van der Waals surface area contributed by atoms with Crippen molar-refractivity contribution in [3.63, 3.8) is 0 Å². The number of nitrogens with zero attached hydrogens (tertiary/aromatic N) is 2. The van der Waals surface area contributed by atoms with E-state index in [2.05, 4.69) is 5.32 Å². The third kappa shape index (κ3) is 6.79. The van der Waals surface area contributed by atoms with Gasteiger partial charge in [-0.25, -0.2) is 8.42 Å². The van der Waals surface area contributed by atoms with Crippen LogP contribution in [0.15, 0.2) is 42.5 Å². The third-order valence-electron chi connectivity index (χ3n) is 5.50. The van der Waals surface area contributed by atoms with E-state index in [1.165, 1.54) is 11.0 Å². The summed E-state index contributed by atoms with van der Waals surface area (Å²) in [7, 11) is -3.84. The van der Waals surface area contributed by atoms with E-state index in [9.17, 15) is 18.0 Å². The molecule has 1 unspecified atom stereocenters. The smallest absolute Gasteiger partial charge is 0.244 e. The number of carbonyl (C=O) groups excluding carboxylic acids is 2. The lowest BCUT2D eigenvalue weighted by Gasteiger charge is -2.33. The van der Waals surface area contributed by atoms with E-state index in [0.29, 0.717) is 42.7 Å². The fourth-order valence-corrected chi connectivity index (χ4v) is 4.77. The molecular formula is C24H30ClN3O6S. The SMILES string of the molecule is CCNC(=O)C(CC)N(Cc1ccc(Cl)cc1)C(=O)CN(c1ccc2c(c1)OCCO2)S(C)(=O)=O. The summed E-state index contributed by atoms with van der Waals surface area (Å²) >= 11 is 5.99. The van der Waals surface area contributed by atoms with E-state index >= 15 is 0 Å². The molecule has 0 saturated heterocycles. The molecule has 2 aromatic carbocycles. The van der Waals surface area contributed by atoms with Gasteiger partial charge in [0.05, 0.1) is 11.9 Å². The van der Waals surface area contributed by atoms with Crippen LogP contribution < -0.4 is 19.1 Å². The zero-order valence-corrected chi connectivity index (χ0v) is 21.6. The summed E-state index contributed by atoms with van der Waals surface area (Å²) in [5.41, 5.74) is 1.03. The van der Waals surface area contributed by atoms with Gasteiger partial charge in [-0.3, -0.25) is 13.9 Å². The van der Waals surface area contributed by atoms with Crippen molar-refractivity contribution in [3.8, 4) is 11.5 Å². The average Bonchev–Trinajstić information content (AvgIpc) is 2.82. The highest BCUT2D eigenvalue weighted by Gasteiger charge is 2.32. The van der Waals surface area contributed by atoms with Crippen molar-refractivity contribution in [3.05, 3.63) is 53.1 Å². The van der Waals surface area contributed by atoms with Crippen LogP contribution in [-0.2, 0) is 26.2 Å². The molecule has 2 aromatic rings. The number of rotatable bonds is 10. The van der Waals surface area contributed by atoms with E-state index in [4.69, 9.17) is 21.1 Å². The number of anilines is 1. The molecular weight excluding hydrogens is 494 g/mol. The molecule has 35 heavy (non-hydrogen) atoms. The van der Waals surface area contributed by atoms with Gasteiger partial charge in [0.25, 0.3) is 0 Å². The van der Waals surface area contributed by atoms with Gasteiger partial charge in [-0.05, 0) is 43.2 Å². The maximum absolute atomic E-state index is 13.6. The molecule has 190 valence electrons. The number of fused-ring (bicyclic) bond motifs is 1. The van der Waals surface area contributed by atoms with Crippen LogP contribution in [0.3, 0.4) is 0 Å². The molecule has 1 aliphatic heterocycles. The Morgan fingerprint density at radius 3 is 2.31 bits per heavy atom. The second-order valence-electron chi connectivity index (χ2n) is 8.06. The van der Waals surface area contributed by atoms with Gasteiger partial charge in [-0.1, -0.05) is 30.7 Å². The Morgan fingerprint density at radius 2 is 1.71 bits per heavy atom. The fourth-order valence-electron chi connectivity index (χ4n) is 3.80. The number of sulfonamides is 1. The summed E-state index contributed by atoms with van der Waals surface area (Å²) in [4.78, 5) is 27.8. The van der Waals surface area contributed by atoms with E-state index in [1.807, 2.05) is 0 Å². The number of ether oxygens (including phenoxy) is 2. The number of hydrogen-bond acceptors (Lipinski definition) is 6. The minimum atomic E-state index is -3.84. The fraction of sp³-hybridized carbons (Fsp3) is 0.417. The molecule has 0 saturated carbocycles. The standard InChI is InChI=1S/C24H30ClN3O6S/c1-4-20(24(30)26-5-2)27(15-17-6-8-18(25)9-7-17)23(29)16-28(35(3,31)32)19-10-11-21-22(14-19)34-13-12-33-21/h6-11,14,20H,4-5,12-13,15-16H2,1-3H3,(H,26,30). The molecule has 3 rings (SSSR count). The maximum atomic E-state index is 13.6. The molecule has 0 spiro atoms. The predicted molar refractivity (Wildman–Crippen MR) is 134 cm³/mol. The number of halogens is 1. The lowest BCUT2D eigenvalue weighted by molar-refractivity contribution is -0.140. The van der Waals surface area contributed by atoms with E-state index in [-0.39, 0.29) is 18.1 Å². The third-order valence-corrected chi connectivity index (χ3v) is 6.89. The Hall–Kier alpha value is -2.98. The van der Waals surface area contributed by atoms with Crippen molar-refractivity contribution in [2.75, 3.05) is 36.9 Å². The summed E-state index contributed by atoms with van der Waals surface area (Å²) in [6.45, 7) is 4.38. The number of nitrogens with one attached hydrogen (secondary N) is 1. The van der Waals surface area contributed by atoms with Gasteiger partial charge in [0.2, 0.25) is 21.8 Å². The quantitative estimate of drug-likeness (QED) is 0.513. The summed E-state index contributed by atoms with van der Waals surface area (Å²) in [6.07, 6.45) is 1.38. The maximum Gasteiger partial charge on any atom is 0.244 e. The van der Waals surface area contributed by atoms with Crippen molar-refractivity contribution in [2.45, 2.75) is 32.9 Å². The normalized spacial score (nSPS) is 13.6. The van der Waals surface area contributed by atoms with Crippen LogP contribution in [0.5, 0.6) is 11.5 Å². The van der Waals surface area contributed by atoms with Crippen molar-refractivity contribution in [1.82, 2.24) is 10.2 Å². The molecule has 0 aromatic heterocycles. The lowest BCUT2D eigenvalue weighted by Crippen LogP contribution is -2.52. The molecule has 1 atom stereocenters. The van der Waals surface area contributed by atoms with Gasteiger partial charge in [0.1, 0.15) is 25.8 Å². The first-order chi connectivity index (χ1) is 16.6. The molecule has 11 heteroatoms. The molecule has 1 aliphatic rings. The molecule has 0 bridgehead atoms. The van der Waals surface area contributed by atoms with Crippen LogP contribution >= 0.6 is 11.6 Å². The van der Waals surface area contributed by atoms with E-state index in [1.54, 1.807) is 50.2 Å². The number of carbonyl (C=O) groups is 2. The zero-order valence-electron chi connectivity index (χ0n) is 20.0. The Balaban J connectivity index is 1.94. The van der Waals surface area contributed by atoms with Crippen molar-refractivity contribution < 1.29 is 27.5 Å². The van der Waals surface area contributed by atoms with Crippen LogP contribution in [0.25, 0.3) is 0 Å². The monoisotopic (exact) mass is 523 g/mol. The molecule has 2 amide bonds. The Bertz CT molecular complexity index is 1160. The van der Waals surface area contributed by atoms with Gasteiger partial charge >= 0.3 is 0 Å². The number of amides is 2. The average molecular weight is 524 g/mol. The minimum Gasteiger partial charge on any atom is -0.486 e. The van der Waals surface area contributed by atoms with Crippen molar-refractivity contribution in [1.29, 1.82) is 0 Å². The topological polar surface area (TPSA) is 105 Å². The zero-order chi connectivity index (χ0) is 25.6. The molecule has 1 N–H and O–H groups in total. The van der Waals surface area contributed by atoms with Crippen LogP contribution in [0.1, 0.15) is 25.8 Å². The summed E-state index contributed by atoms with van der Waals surface area (Å²) in [6, 6.07) is 10.9. The Kier molecular flexibility index (Phi) is 8.85. The van der Waals surface area contributed by atoms with Gasteiger partial charge in [0.15, 0.2) is 11.5 Å². The largest absolute Gasteiger partial charge is 0.486 e. The van der Waals surface area contributed by atoms with Crippen LogP contribution in [-0.4, -0.2) is 63.7 Å². The van der Waals surface area contributed by atoms with Crippen molar-refractivity contribution in [2.24, 2.45) is 0 Å². The minimum absolute atomic E-state index is 0.115. The highest BCUT2D eigenvalue weighted by Crippen LogP contribution is 2.34. The Labute approximate surface area is 211 Å². The van der Waals surface area contributed by atoms with Crippen LogP contribution in [0.4, 0.5) is 5.69 Å². The highest BCUT2D eigenvalue weighted by molar-refractivity contribution is 7.92. The summed E-state index contributed by atoms with van der Waals surface area (Å²) < 4.78 is 37.5. The molecule has 0 aliphatic carbocycles. The van der Waals surface area contributed by atoms with Gasteiger partial charge in [0, 0.05) is 24.2 Å².